The second-order valence-electron chi connectivity index (χ2n) is 18.8. The van der Waals surface area contributed by atoms with E-state index in [-0.39, 0.29) is 121 Å². The fourth-order valence-corrected chi connectivity index (χ4v) is 9.84. The minimum atomic E-state index is -3.31. The largest absolute Gasteiger partial charge is 0.481 e. The molecule has 12 nitrogen and oxygen atoms in total. The molecule has 2 aliphatic carbocycles. The predicted octanol–water partition coefficient (Wildman–Crippen LogP) is 11.9. The van der Waals surface area contributed by atoms with Gasteiger partial charge in [-0.1, -0.05) is 103 Å². The van der Waals surface area contributed by atoms with Gasteiger partial charge in [0, 0.05) is 90.5 Å². The second kappa shape index (κ2) is 33.1. The van der Waals surface area contributed by atoms with Crippen molar-refractivity contribution >= 4 is 29.5 Å². The summed E-state index contributed by atoms with van der Waals surface area (Å²) in [5.74, 6) is -13.2. The molecule has 0 spiro atoms. The van der Waals surface area contributed by atoms with Crippen molar-refractivity contribution in [1.82, 2.24) is 0 Å². The van der Waals surface area contributed by atoms with Gasteiger partial charge in [0.25, 0.3) is 0 Å². The number of Topliss-reactive ketones (excluding diaryl/α,β-unsaturated/α-hetero) is 2. The zero-order chi connectivity index (χ0) is 49.7. The number of aliphatic hydroxyl groups is 2. The van der Waals surface area contributed by atoms with Crippen molar-refractivity contribution in [1.29, 1.82) is 0 Å². The molecule has 1 aromatic rings. The van der Waals surface area contributed by atoms with Crippen molar-refractivity contribution in [3.63, 3.8) is 0 Å². The van der Waals surface area contributed by atoms with Gasteiger partial charge in [-0.3, -0.25) is 24.0 Å². The van der Waals surface area contributed by atoms with Gasteiger partial charge in [0.1, 0.15) is 18.2 Å². The normalized spacial score (nSPS) is 25.7. The summed E-state index contributed by atoms with van der Waals surface area (Å²) in [6, 6.07) is 9.56. The molecule has 2 saturated heterocycles. The molecule has 2 heterocycles. The van der Waals surface area contributed by atoms with Crippen LogP contribution in [0.25, 0.3) is 0 Å². The van der Waals surface area contributed by atoms with Crippen LogP contribution in [0.4, 0.5) is 17.6 Å². The number of carbonyl (C=O) groups excluding carboxylic acids is 4. The van der Waals surface area contributed by atoms with Gasteiger partial charge < -0.3 is 41.7 Å². The van der Waals surface area contributed by atoms with Gasteiger partial charge in [-0.25, -0.2) is 17.6 Å². The average molecular weight is 1100 g/mol. The molecule has 17 heteroatoms. The van der Waals surface area contributed by atoms with E-state index in [4.69, 9.17) is 19.3 Å². The summed E-state index contributed by atoms with van der Waals surface area (Å²) in [6.45, 7) is 7.59. The Hall–Kier alpha value is -2.81. The molecule has 0 amide bonds. The van der Waals surface area contributed by atoms with Crippen LogP contribution in [-0.2, 0) is 69.9 Å². The van der Waals surface area contributed by atoms with Crippen LogP contribution >= 0.6 is 0 Å². The summed E-state index contributed by atoms with van der Waals surface area (Å²) in [5.41, 5.74) is 0.963. The van der Waals surface area contributed by atoms with Crippen molar-refractivity contribution in [3.8, 4) is 0 Å². The minimum absolute atomic E-state index is 0. The Morgan fingerprint density at radius 3 is 1.50 bits per heavy atom. The Kier molecular flexibility index (Phi) is 31.8. The number of hydrogen-bond acceptors (Lipinski definition) is 11. The average Bonchev–Trinajstić information content (AvgIpc) is 3.76. The van der Waals surface area contributed by atoms with Crippen LogP contribution in [0.15, 0.2) is 30.3 Å². The Balaban J connectivity index is 0.00000119. The van der Waals surface area contributed by atoms with Crippen LogP contribution in [0, 0.1) is 31.1 Å². The Morgan fingerprint density at radius 2 is 1.11 bits per heavy atom. The monoisotopic (exact) mass is 1100 g/mol. The number of carboxylic acids is 1. The van der Waals surface area contributed by atoms with Crippen LogP contribution in [0.2, 0.25) is 0 Å². The van der Waals surface area contributed by atoms with E-state index in [0.717, 1.165) is 50.5 Å². The van der Waals surface area contributed by atoms with Gasteiger partial charge in [0.15, 0.2) is 0 Å². The fourth-order valence-electron chi connectivity index (χ4n) is 9.84. The number of benzene rings is 1. The Morgan fingerprint density at radius 1 is 0.686 bits per heavy atom. The third-order valence-corrected chi connectivity index (χ3v) is 13.7. The van der Waals surface area contributed by atoms with Crippen molar-refractivity contribution in [2.45, 2.75) is 231 Å². The molecule has 2 aliphatic heterocycles. The van der Waals surface area contributed by atoms with E-state index >= 15 is 0 Å². The predicted molar refractivity (Wildman–Crippen MR) is 255 cm³/mol. The fraction of sp³-hybridized carbons (Fsp3) is 0.774. The number of ether oxygens (including phenoxy) is 4. The van der Waals surface area contributed by atoms with Crippen LogP contribution in [-0.4, -0.2) is 87.0 Å². The van der Waals surface area contributed by atoms with Crippen molar-refractivity contribution < 1.29 is 96.2 Å². The van der Waals surface area contributed by atoms with Crippen LogP contribution in [0.3, 0.4) is 0 Å². The smallest absolute Gasteiger partial charge is 0.306 e. The summed E-state index contributed by atoms with van der Waals surface area (Å²) in [6.07, 6.45) is 8.84. The van der Waals surface area contributed by atoms with E-state index in [9.17, 15) is 51.7 Å². The number of carbonyl (C=O) groups is 5. The molecular formula is C53H85F4O12Pd-. The molecule has 4 aliphatic rings. The summed E-state index contributed by atoms with van der Waals surface area (Å²) in [7, 11) is 0. The standard InChI is InChI=1S/C27H38F2O5.C20H32F2O5.C4H8O2.CH4.CH3.Pd/c1-2-3-16-26(28,29)27(32)17-15-22-21(23(30)18-24(22)34-27)13-9-4-5-10-14-25(31)33-19-20-11-7-6-8-12-20;1-2-3-11-19(21,22)20(26)12-10-15-14(16(23)13-17(15)27-20)8-6-4-5-7-9-18(24)25;1-3-6-4(2)5;;;/h6-8,11-12,21-22,24,32H,2-5,9-10,13-19H2,1H3;14-15,17,26H,2-13H2,1H3,(H,24,25);3H2,1-2H3;1H4;1H3;/q;;;;-1;/t21?,22-,24-,27-;14?,15-,17-,20-;;;;/m11..../s1. The maximum atomic E-state index is 14.6. The molecule has 3 N–H and O–H groups in total. The van der Waals surface area contributed by atoms with Crippen molar-refractivity contribution in [2.75, 3.05) is 6.61 Å². The SMILES string of the molecule is C.CCCCC(F)(F)[C@@]1(O)CC[C@@H]2C(CCCCCCC(=O)O)C(=O)C[C@H]2O1.CCCCC(F)(F)[C@@]1(O)CC[C@@H]2C(CCCCCCC(=O)OCc3ccccc3)C(=O)C[C@H]2O1.CCOC(C)=O.[CH3-].[Pd]. The quantitative estimate of drug-likeness (QED) is 0.0277. The van der Waals surface area contributed by atoms with Crippen LogP contribution < -0.4 is 0 Å². The first kappa shape index (κ1) is 67.2. The molecule has 8 atom stereocenters. The first-order chi connectivity index (χ1) is 31.7. The second-order valence-corrected chi connectivity index (χ2v) is 18.8. The van der Waals surface area contributed by atoms with Gasteiger partial charge in [-0.05, 0) is 75.7 Å². The van der Waals surface area contributed by atoms with Gasteiger partial charge in [0.05, 0.1) is 18.8 Å². The van der Waals surface area contributed by atoms with Crippen LogP contribution in [0.1, 0.15) is 195 Å². The Bertz CT molecular complexity index is 1690. The third-order valence-electron chi connectivity index (χ3n) is 13.7. The molecule has 2 unspecified atom stereocenters. The number of carboxylic acid groups (broad SMARTS) is 1. The summed E-state index contributed by atoms with van der Waals surface area (Å²) < 4.78 is 78.6. The number of alkyl halides is 4. The van der Waals surface area contributed by atoms with Gasteiger partial charge >= 0.3 is 29.8 Å². The Labute approximate surface area is 429 Å². The van der Waals surface area contributed by atoms with E-state index in [1.54, 1.807) is 6.92 Å². The molecule has 0 radical (unpaired) electrons. The minimum Gasteiger partial charge on any atom is -0.481 e. The van der Waals surface area contributed by atoms with E-state index in [1.165, 1.54) is 6.92 Å². The van der Waals surface area contributed by atoms with E-state index in [1.807, 2.05) is 44.2 Å². The van der Waals surface area contributed by atoms with E-state index < -0.39 is 54.4 Å². The summed E-state index contributed by atoms with van der Waals surface area (Å²) in [5, 5.41) is 29.6. The molecule has 1 aromatic carbocycles. The van der Waals surface area contributed by atoms with Gasteiger partial charge in [-0.2, -0.15) is 0 Å². The van der Waals surface area contributed by atoms with Gasteiger partial charge in [0.2, 0.25) is 11.6 Å². The number of unbranched alkanes of at least 4 members (excludes halogenated alkanes) is 8. The summed E-state index contributed by atoms with van der Waals surface area (Å²) >= 11 is 0. The molecule has 2 saturated carbocycles. The number of halogens is 4. The van der Waals surface area contributed by atoms with Gasteiger partial charge in [-0.15, -0.1) is 0 Å². The maximum Gasteiger partial charge on any atom is 0.306 e. The molecule has 0 bridgehead atoms. The molecule has 70 heavy (non-hydrogen) atoms. The molecule has 5 rings (SSSR count). The number of hydrogen-bond donors (Lipinski definition) is 3. The molecule has 408 valence electrons. The van der Waals surface area contributed by atoms with Crippen LogP contribution in [0.5, 0.6) is 0 Å². The number of fused-ring (bicyclic) bond motifs is 2. The number of aliphatic carboxylic acids is 1. The number of ketones is 2. The first-order valence-corrected chi connectivity index (χ1v) is 24.9. The molecular weight excluding hydrogens is 1010 g/mol. The van der Waals surface area contributed by atoms with E-state index in [2.05, 4.69) is 4.74 Å². The molecule has 4 fully saturated rings. The number of esters is 2. The summed E-state index contributed by atoms with van der Waals surface area (Å²) in [4.78, 5) is 57.1. The molecule has 0 aromatic heterocycles. The maximum absolute atomic E-state index is 14.6. The van der Waals surface area contributed by atoms with Crippen molar-refractivity contribution in [3.05, 3.63) is 43.3 Å². The van der Waals surface area contributed by atoms with E-state index in [0.29, 0.717) is 70.8 Å². The number of rotatable bonds is 25. The third kappa shape index (κ3) is 21.0. The topological polar surface area (TPSA) is 183 Å². The van der Waals surface area contributed by atoms with Crippen molar-refractivity contribution in [2.24, 2.45) is 23.7 Å². The zero-order valence-electron chi connectivity index (χ0n) is 41.6. The zero-order valence-corrected chi connectivity index (χ0v) is 43.1. The first-order valence-electron chi connectivity index (χ1n) is 24.9.